The third-order valence-corrected chi connectivity index (χ3v) is 3.39. The van der Waals surface area contributed by atoms with Crippen molar-refractivity contribution < 1.29 is 13.9 Å². The number of esters is 1. The molecule has 0 saturated heterocycles. The summed E-state index contributed by atoms with van der Waals surface area (Å²) < 4.78 is 18.6. The van der Waals surface area contributed by atoms with Crippen LogP contribution in [-0.2, 0) is 4.74 Å². The molecule has 3 nitrogen and oxygen atoms in total. The van der Waals surface area contributed by atoms with Gasteiger partial charge in [-0.1, -0.05) is 19.3 Å². The standard InChI is InChI=1S/C14H18FNO2/c15-13-7-6-11(16)8-12(13)14(17)18-9-10-4-2-1-3-5-10/h6-8,10H,1-5,9,16H2. The molecule has 2 N–H and O–H groups in total. The Kier molecular flexibility index (Phi) is 4.18. The highest BCUT2D eigenvalue weighted by molar-refractivity contribution is 5.90. The van der Waals surface area contributed by atoms with Gasteiger partial charge in [-0.3, -0.25) is 0 Å². The van der Waals surface area contributed by atoms with Crippen molar-refractivity contribution in [2.24, 2.45) is 5.92 Å². The molecular weight excluding hydrogens is 233 g/mol. The fraction of sp³-hybridized carbons (Fsp3) is 0.500. The van der Waals surface area contributed by atoms with Crippen molar-refractivity contribution >= 4 is 11.7 Å². The largest absolute Gasteiger partial charge is 0.462 e. The minimum atomic E-state index is -0.620. The van der Waals surface area contributed by atoms with Gasteiger partial charge in [-0.15, -0.1) is 0 Å². The van der Waals surface area contributed by atoms with E-state index in [1.54, 1.807) is 0 Å². The Balaban J connectivity index is 1.92. The average molecular weight is 251 g/mol. The van der Waals surface area contributed by atoms with Crippen LogP contribution in [0.2, 0.25) is 0 Å². The van der Waals surface area contributed by atoms with Crippen LogP contribution < -0.4 is 5.73 Å². The Morgan fingerprint density at radius 3 is 2.78 bits per heavy atom. The molecule has 1 aliphatic carbocycles. The van der Waals surface area contributed by atoms with E-state index in [9.17, 15) is 9.18 Å². The molecule has 0 bridgehead atoms. The molecule has 1 aliphatic rings. The molecule has 0 aromatic heterocycles. The molecule has 0 amide bonds. The number of anilines is 1. The lowest BCUT2D eigenvalue weighted by Gasteiger charge is -2.21. The number of benzene rings is 1. The van der Waals surface area contributed by atoms with Crippen molar-refractivity contribution in [1.29, 1.82) is 0 Å². The van der Waals surface area contributed by atoms with Gasteiger partial charge in [0.15, 0.2) is 0 Å². The topological polar surface area (TPSA) is 52.3 Å². The molecule has 0 heterocycles. The number of halogens is 1. The van der Waals surface area contributed by atoms with Gasteiger partial charge in [-0.05, 0) is 37.0 Å². The number of carbonyl (C=O) groups is 1. The molecule has 18 heavy (non-hydrogen) atoms. The van der Waals surface area contributed by atoms with E-state index in [2.05, 4.69) is 0 Å². The first-order chi connectivity index (χ1) is 8.66. The van der Waals surface area contributed by atoms with Crippen LogP contribution in [0.5, 0.6) is 0 Å². The summed E-state index contributed by atoms with van der Waals surface area (Å²) in [6, 6.07) is 3.93. The zero-order chi connectivity index (χ0) is 13.0. The Morgan fingerprint density at radius 1 is 1.33 bits per heavy atom. The highest BCUT2D eigenvalue weighted by atomic mass is 19.1. The molecule has 2 rings (SSSR count). The number of nitrogens with two attached hydrogens (primary N) is 1. The summed E-state index contributed by atoms with van der Waals surface area (Å²) in [5.41, 5.74) is 5.81. The van der Waals surface area contributed by atoms with E-state index in [0.29, 0.717) is 18.2 Å². The first-order valence-electron chi connectivity index (χ1n) is 6.39. The quantitative estimate of drug-likeness (QED) is 0.663. The third kappa shape index (κ3) is 3.22. The molecule has 1 aromatic carbocycles. The molecule has 98 valence electrons. The van der Waals surface area contributed by atoms with Gasteiger partial charge in [-0.25, -0.2) is 9.18 Å². The second-order valence-electron chi connectivity index (χ2n) is 4.84. The Bertz CT molecular complexity index is 428. The lowest BCUT2D eigenvalue weighted by atomic mass is 9.90. The molecule has 1 aromatic rings. The van der Waals surface area contributed by atoms with E-state index in [1.807, 2.05) is 0 Å². The van der Waals surface area contributed by atoms with Gasteiger partial charge in [-0.2, -0.15) is 0 Å². The molecule has 0 unspecified atom stereocenters. The van der Waals surface area contributed by atoms with Crippen molar-refractivity contribution in [2.45, 2.75) is 32.1 Å². The molecule has 1 fully saturated rings. The fourth-order valence-corrected chi connectivity index (χ4v) is 2.32. The SMILES string of the molecule is Nc1ccc(F)c(C(=O)OCC2CCCCC2)c1. The van der Waals surface area contributed by atoms with Crippen molar-refractivity contribution in [3.63, 3.8) is 0 Å². The number of ether oxygens (including phenoxy) is 1. The Hall–Kier alpha value is -1.58. The van der Waals surface area contributed by atoms with E-state index in [1.165, 1.54) is 37.5 Å². The van der Waals surface area contributed by atoms with E-state index >= 15 is 0 Å². The zero-order valence-electron chi connectivity index (χ0n) is 10.3. The van der Waals surface area contributed by atoms with Gasteiger partial charge in [0.1, 0.15) is 5.82 Å². The van der Waals surface area contributed by atoms with E-state index in [-0.39, 0.29) is 5.56 Å². The molecule has 0 radical (unpaired) electrons. The molecule has 0 atom stereocenters. The van der Waals surface area contributed by atoms with Gasteiger partial charge in [0.2, 0.25) is 0 Å². The van der Waals surface area contributed by atoms with Crippen LogP contribution in [0.1, 0.15) is 42.5 Å². The van der Waals surface area contributed by atoms with Gasteiger partial charge >= 0.3 is 5.97 Å². The number of hydrogen-bond donors (Lipinski definition) is 1. The van der Waals surface area contributed by atoms with Gasteiger partial charge in [0.25, 0.3) is 0 Å². The smallest absolute Gasteiger partial charge is 0.341 e. The monoisotopic (exact) mass is 251 g/mol. The van der Waals surface area contributed by atoms with Crippen molar-refractivity contribution in [2.75, 3.05) is 12.3 Å². The van der Waals surface area contributed by atoms with Crippen LogP contribution in [0.4, 0.5) is 10.1 Å². The molecular formula is C14H18FNO2. The van der Waals surface area contributed by atoms with Crippen LogP contribution in [0, 0.1) is 11.7 Å². The van der Waals surface area contributed by atoms with Gasteiger partial charge < -0.3 is 10.5 Å². The van der Waals surface area contributed by atoms with E-state index in [0.717, 1.165) is 12.8 Å². The second kappa shape index (κ2) is 5.85. The van der Waals surface area contributed by atoms with Crippen LogP contribution in [0.15, 0.2) is 18.2 Å². The first-order valence-corrected chi connectivity index (χ1v) is 6.39. The number of carbonyl (C=O) groups excluding carboxylic acids is 1. The summed E-state index contributed by atoms with van der Waals surface area (Å²) in [6.07, 6.45) is 5.82. The summed E-state index contributed by atoms with van der Waals surface area (Å²) >= 11 is 0. The van der Waals surface area contributed by atoms with Crippen molar-refractivity contribution in [3.05, 3.63) is 29.6 Å². The minimum Gasteiger partial charge on any atom is -0.462 e. The third-order valence-electron chi connectivity index (χ3n) is 3.39. The minimum absolute atomic E-state index is 0.0780. The Labute approximate surface area is 106 Å². The fourth-order valence-electron chi connectivity index (χ4n) is 2.32. The number of hydrogen-bond acceptors (Lipinski definition) is 3. The highest BCUT2D eigenvalue weighted by Crippen LogP contribution is 2.24. The predicted molar refractivity (Wildman–Crippen MR) is 67.7 cm³/mol. The maximum Gasteiger partial charge on any atom is 0.341 e. The maximum atomic E-state index is 13.4. The molecule has 1 saturated carbocycles. The summed E-state index contributed by atoms with van der Waals surface area (Å²) in [4.78, 5) is 11.7. The Morgan fingerprint density at radius 2 is 2.06 bits per heavy atom. The van der Waals surface area contributed by atoms with Crippen molar-refractivity contribution in [3.8, 4) is 0 Å². The van der Waals surface area contributed by atoms with Crippen LogP contribution >= 0.6 is 0 Å². The maximum absolute atomic E-state index is 13.4. The molecule has 0 spiro atoms. The molecule has 0 aliphatic heterocycles. The van der Waals surface area contributed by atoms with E-state index < -0.39 is 11.8 Å². The summed E-state index contributed by atoms with van der Waals surface area (Å²) in [6.45, 7) is 0.382. The number of nitrogen functional groups attached to an aromatic ring is 1. The lowest BCUT2D eigenvalue weighted by molar-refractivity contribution is 0.0405. The first kappa shape index (κ1) is 12.9. The second-order valence-corrected chi connectivity index (χ2v) is 4.84. The van der Waals surface area contributed by atoms with Crippen LogP contribution in [0.3, 0.4) is 0 Å². The summed E-state index contributed by atoms with van der Waals surface area (Å²) in [5, 5.41) is 0. The normalized spacial score (nSPS) is 16.5. The highest BCUT2D eigenvalue weighted by Gasteiger charge is 2.18. The van der Waals surface area contributed by atoms with E-state index in [4.69, 9.17) is 10.5 Å². The average Bonchev–Trinajstić information content (AvgIpc) is 2.40. The van der Waals surface area contributed by atoms with Crippen LogP contribution in [0.25, 0.3) is 0 Å². The predicted octanol–water partition coefficient (Wildman–Crippen LogP) is 3.15. The van der Waals surface area contributed by atoms with Crippen LogP contribution in [-0.4, -0.2) is 12.6 Å². The number of rotatable bonds is 3. The van der Waals surface area contributed by atoms with Crippen molar-refractivity contribution in [1.82, 2.24) is 0 Å². The van der Waals surface area contributed by atoms with Gasteiger partial charge in [0.05, 0.1) is 12.2 Å². The zero-order valence-corrected chi connectivity index (χ0v) is 10.3. The summed E-state index contributed by atoms with van der Waals surface area (Å²) in [5.74, 6) is -0.782. The molecule has 4 heteroatoms. The lowest BCUT2D eigenvalue weighted by Crippen LogP contribution is -2.17. The van der Waals surface area contributed by atoms with Gasteiger partial charge in [0, 0.05) is 5.69 Å². The summed E-state index contributed by atoms with van der Waals surface area (Å²) in [7, 11) is 0.